The van der Waals surface area contributed by atoms with Crippen molar-refractivity contribution in [2.24, 2.45) is 34.5 Å². The van der Waals surface area contributed by atoms with E-state index in [1.54, 1.807) is 0 Å². The number of hydrogen-bond donors (Lipinski definition) is 0. The fraction of sp³-hybridized carbons (Fsp3) is 0.810. The first-order valence-electron chi connectivity index (χ1n) is 9.71. The molecule has 0 radical (unpaired) electrons. The number of Topliss-reactive ketones (excluding diaryl/α,β-unsaturated/α-hetero) is 2. The van der Waals surface area contributed by atoms with Crippen molar-refractivity contribution in [2.75, 3.05) is 5.33 Å². The van der Waals surface area contributed by atoms with Crippen molar-refractivity contribution < 1.29 is 9.59 Å². The van der Waals surface area contributed by atoms with Crippen LogP contribution in [0.3, 0.4) is 0 Å². The number of carbonyl (C=O) groups is 2. The van der Waals surface area contributed by atoms with E-state index in [9.17, 15) is 9.59 Å². The summed E-state index contributed by atoms with van der Waals surface area (Å²) >= 11 is 3.37. The molecule has 1 unspecified atom stereocenters. The smallest absolute Gasteiger partial charge is 0.169 e. The van der Waals surface area contributed by atoms with Gasteiger partial charge in [0.2, 0.25) is 0 Å². The molecule has 2 nitrogen and oxygen atoms in total. The largest absolute Gasteiger partial charge is 0.300 e. The summed E-state index contributed by atoms with van der Waals surface area (Å²) in [5, 5.41) is 0.455. The van der Waals surface area contributed by atoms with Crippen LogP contribution in [0.5, 0.6) is 0 Å². The molecule has 0 aromatic rings. The zero-order valence-corrected chi connectivity index (χ0v) is 16.5. The lowest BCUT2D eigenvalue weighted by Crippen LogP contribution is -2.53. The van der Waals surface area contributed by atoms with E-state index in [0.29, 0.717) is 34.1 Å². The molecule has 4 aliphatic carbocycles. The fourth-order valence-electron chi connectivity index (χ4n) is 7.12. The fourth-order valence-corrected chi connectivity index (χ4v) is 7.42. The van der Waals surface area contributed by atoms with Gasteiger partial charge in [0.25, 0.3) is 0 Å². The van der Waals surface area contributed by atoms with Gasteiger partial charge in [-0.05, 0) is 78.6 Å². The molecule has 0 amide bonds. The first-order valence-corrected chi connectivity index (χ1v) is 10.8. The molecule has 0 N–H and O–H groups in total. The second-order valence-corrected chi connectivity index (χ2v) is 9.83. The van der Waals surface area contributed by atoms with Gasteiger partial charge in [0.05, 0.1) is 5.33 Å². The van der Waals surface area contributed by atoms with Crippen molar-refractivity contribution in [1.29, 1.82) is 0 Å². The van der Waals surface area contributed by atoms with E-state index in [2.05, 4.69) is 35.9 Å². The Bertz CT molecular complexity index is 609. The zero-order chi connectivity index (χ0) is 17.1. The van der Waals surface area contributed by atoms with Crippen molar-refractivity contribution in [2.45, 2.75) is 65.2 Å². The SMILES string of the molecule is C[C@]12CCC(=O)CC1CC[C@@H]1[C@@H]2CC[C@]2(C)C(C(=O)CBr)=CC[C@@H]12. The summed E-state index contributed by atoms with van der Waals surface area (Å²) < 4.78 is 0. The van der Waals surface area contributed by atoms with Gasteiger partial charge in [-0.1, -0.05) is 35.9 Å². The molecule has 0 saturated heterocycles. The molecule has 6 atom stereocenters. The topological polar surface area (TPSA) is 34.1 Å². The first-order chi connectivity index (χ1) is 11.4. The van der Waals surface area contributed by atoms with Gasteiger partial charge < -0.3 is 0 Å². The van der Waals surface area contributed by atoms with E-state index in [4.69, 9.17) is 0 Å². The Morgan fingerprint density at radius 1 is 1.21 bits per heavy atom. The molecular formula is C21H29BrO2. The second-order valence-electron chi connectivity index (χ2n) is 9.27. The molecular weight excluding hydrogens is 364 g/mol. The number of carbonyl (C=O) groups excluding carboxylic acids is 2. The molecule has 3 saturated carbocycles. The summed E-state index contributed by atoms with van der Waals surface area (Å²) in [6.45, 7) is 4.84. The van der Waals surface area contributed by atoms with Crippen molar-refractivity contribution in [3.63, 3.8) is 0 Å². The molecule has 0 bridgehead atoms. The highest BCUT2D eigenvalue weighted by Crippen LogP contribution is 2.66. The number of alkyl halides is 1. The third kappa shape index (κ3) is 2.26. The standard InChI is InChI=1S/C21H29BrO2/c1-20-9-7-14(23)11-13(20)3-4-15-16-5-6-18(19(24)12-22)21(16,2)10-8-17(15)20/h6,13,15-17H,3-5,7-12H2,1-2H3/t13?,15-,16-,17-,20-,21-/m0/s1. The van der Waals surface area contributed by atoms with Crippen molar-refractivity contribution in [3.8, 4) is 0 Å². The second kappa shape index (κ2) is 5.79. The molecule has 0 aromatic heterocycles. The van der Waals surface area contributed by atoms with Crippen LogP contribution in [0.15, 0.2) is 11.6 Å². The maximum atomic E-state index is 12.4. The van der Waals surface area contributed by atoms with E-state index >= 15 is 0 Å². The van der Waals surface area contributed by atoms with Crippen LogP contribution < -0.4 is 0 Å². The minimum absolute atomic E-state index is 0.0969. The third-order valence-corrected chi connectivity index (χ3v) is 8.99. The molecule has 3 fully saturated rings. The lowest BCUT2D eigenvalue weighted by atomic mass is 9.44. The van der Waals surface area contributed by atoms with Gasteiger partial charge in [-0.15, -0.1) is 0 Å². The van der Waals surface area contributed by atoms with Crippen molar-refractivity contribution in [1.82, 2.24) is 0 Å². The van der Waals surface area contributed by atoms with Gasteiger partial charge in [-0.3, -0.25) is 9.59 Å². The molecule has 0 spiro atoms. The van der Waals surface area contributed by atoms with Crippen molar-refractivity contribution >= 4 is 27.5 Å². The summed E-state index contributed by atoms with van der Waals surface area (Å²) in [5.74, 6) is 3.54. The molecule has 4 aliphatic rings. The lowest BCUT2D eigenvalue weighted by Gasteiger charge is -2.60. The van der Waals surface area contributed by atoms with Crippen LogP contribution >= 0.6 is 15.9 Å². The number of ketones is 2. The number of halogens is 1. The Balaban J connectivity index is 1.62. The normalized spacial score (nSPS) is 47.5. The number of fused-ring (bicyclic) bond motifs is 5. The summed E-state index contributed by atoms with van der Waals surface area (Å²) in [6, 6.07) is 0. The zero-order valence-electron chi connectivity index (χ0n) is 14.9. The minimum Gasteiger partial charge on any atom is -0.300 e. The average Bonchev–Trinajstić information content (AvgIpc) is 2.92. The van der Waals surface area contributed by atoms with Crippen LogP contribution in [0.4, 0.5) is 0 Å². The number of allylic oxidation sites excluding steroid dienone is 2. The summed E-state index contributed by atoms with van der Waals surface area (Å²) in [7, 11) is 0. The maximum absolute atomic E-state index is 12.4. The van der Waals surface area contributed by atoms with E-state index in [1.807, 2.05) is 0 Å². The molecule has 3 heteroatoms. The number of rotatable bonds is 2. The van der Waals surface area contributed by atoms with Crippen LogP contribution in [-0.4, -0.2) is 16.9 Å². The van der Waals surface area contributed by atoms with Gasteiger partial charge in [-0.2, -0.15) is 0 Å². The third-order valence-electron chi connectivity index (χ3n) is 8.48. The van der Waals surface area contributed by atoms with Gasteiger partial charge >= 0.3 is 0 Å². The van der Waals surface area contributed by atoms with E-state index in [-0.39, 0.29) is 5.41 Å². The van der Waals surface area contributed by atoms with Crippen LogP contribution in [0, 0.1) is 34.5 Å². The average molecular weight is 393 g/mol. The van der Waals surface area contributed by atoms with Crippen molar-refractivity contribution in [3.05, 3.63) is 11.6 Å². The van der Waals surface area contributed by atoms with Crippen LogP contribution in [0.1, 0.15) is 65.2 Å². The molecule has 4 rings (SSSR count). The molecule has 132 valence electrons. The quantitative estimate of drug-likeness (QED) is 0.612. The molecule has 0 aliphatic heterocycles. The van der Waals surface area contributed by atoms with E-state index < -0.39 is 0 Å². The van der Waals surface area contributed by atoms with Crippen LogP contribution in [0.25, 0.3) is 0 Å². The lowest BCUT2D eigenvalue weighted by molar-refractivity contribution is -0.137. The van der Waals surface area contributed by atoms with Gasteiger partial charge in [0.1, 0.15) is 5.78 Å². The first kappa shape index (κ1) is 17.0. The summed E-state index contributed by atoms with van der Waals surface area (Å²) in [5.41, 5.74) is 1.56. The van der Waals surface area contributed by atoms with Gasteiger partial charge in [0.15, 0.2) is 5.78 Å². The summed E-state index contributed by atoms with van der Waals surface area (Å²) in [4.78, 5) is 24.4. The Morgan fingerprint density at radius 3 is 2.75 bits per heavy atom. The Hall–Kier alpha value is -0.440. The molecule has 0 aromatic carbocycles. The highest BCUT2D eigenvalue weighted by atomic mass is 79.9. The monoisotopic (exact) mass is 392 g/mol. The summed E-state index contributed by atoms with van der Waals surface area (Å²) in [6.07, 6.45) is 10.9. The van der Waals surface area contributed by atoms with E-state index in [1.165, 1.54) is 19.3 Å². The van der Waals surface area contributed by atoms with Crippen LogP contribution in [0.2, 0.25) is 0 Å². The Labute approximate surface area is 154 Å². The van der Waals surface area contributed by atoms with Gasteiger partial charge in [0, 0.05) is 12.8 Å². The Kier molecular flexibility index (Phi) is 4.10. The van der Waals surface area contributed by atoms with E-state index in [0.717, 1.165) is 49.5 Å². The molecule has 24 heavy (non-hydrogen) atoms. The predicted molar refractivity (Wildman–Crippen MR) is 99.0 cm³/mol. The molecule has 0 heterocycles. The number of hydrogen-bond acceptors (Lipinski definition) is 2. The van der Waals surface area contributed by atoms with Gasteiger partial charge in [-0.25, -0.2) is 0 Å². The predicted octanol–water partition coefficient (Wildman–Crippen LogP) is 5.10. The minimum atomic E-state index is 0.0969. The van der Waals surface area contributed by atoms with Crippen LogP contribution in [-0.2, 0) is 9.59 Å². The highest BCUT2D eigenvalue weighted by Gasteiger charge is 2.59. The maximum Gasteiger partial charge on any atom is 0.169 e. The Morgan fingerprint density at radius 2 is 2.00 bits per heavy atom. The highest BCUT2D eigenvalue weighted by molar-refractivity contribution is 9.09.